The van der Waals surface area contributed by atoms with Gasteiger partial charge in [-0.2, -0.15) is 0 Å². The molecule has 0 fully saturated rings. The Hall–Kier alpha value is -1.02. The minimum Gasteiger partial charge on any atom is -0.492 e. The van der Waals surface area contributed by atoms with Crippen LogP contribution in [0.5, 0.6) is 5.75 Å². The first-order valence-electron chi connectivity index (χ1n) is 6.82. The molecule has 102 valence electrons. The van der Waals surface area contributed by atoms with E-state index in [2.05, 4.69) is 59.0 Å². The molecule has 0 unspecified atom stereocenters. The van der Waals surface area contributed by atoms with Crippen LogP contribution in [-0.4, -0.2) is 18.7 Å². The maximum absolute atomic E-state index is 5.93. The van der Waals surface area contributed by atoms with Crippen LogP contribution in [-0.2, 0) is 0 Å². The highest BCUT2D eigenvalue weighted by Crippen LogP contribution is 2.25. The number of ether oxygens (including phenoxy) is 1. The summed E-state index contributed by atoms with van der Waals surface area (Å²) in [6.45, 7) is 14.6. The fourth-order valence-electron chi connectivity index (χ4n) is 1.82. The van der Waals surface area contributed by atoms with E-state index in [0.29, 0.717) is 6.61 Å². The van der Waals surface area contributed by atoms with E-state index < -0.39 is 0 Å². The molecule has 0 radical (unpaired) electrons. The Morgan fingerprint density at radius 1 is 1.11 bits per heavy atom. The van der Waals surface area contributed by atoms with Crippen molar-refractivity contribution in [1.82, 2.24) is 5.32 Å². The number of nitrogens with one attached hydrogen (secondary N) is 1. The molecular weight excluding hydrogens is 222 g/mol. The van der Waals surface area contributed by atoms with Crippen molar-refractivity contribution in [3.63, 3.8) is 0 Å². The second kappa shape index (κ2) is 6.24. The van der Waals surface area contributed by atoms with E-state index in [1.54, 1.807) is 0 Å². The summed E-state index contributed by atoms with van der Waals surface area (Å²) in [5.74, 6) is 1.05. The first kappa shape index (κ1) is 15.0. The van der Waals surface area contributed by atoms with Crippen molar-refractivity contribution in [3.8, 4) is 5.75 Å². The Bertz CT molecular complexity index is 396. The number of aryl methyl sites for hydroxylation is 2. The molecule has 1 aromatic rings. The SMILES string of the molecule is CCC(C)(C)NCCOc1c(C)ccc(C)c1C. The summed E-state index contributed by atoms with van der Waals surface area (Å²) < 4.78 is 5.93. The van der Waals surface area contributed by atoms with Crippen LogP contribution in [0.25, 0.3) is 0 Å². The number of hydrogen-bond donors (Lipinski definition) is 1. The largest absolute Gasteiger partial charge is 0.492 e. The van der Waals surface area contributed by atoms with Crippen molar-refractivity contribution in [2.45, 2.75) is 53.5 Å². The molecule has 18 heavy (non-hydrogen) atoms. The van der Waals surface area contributed by atoms with Crippen LogP contribution in [0.3, 0.4) is 0 Å². The number of hydrogen-bond acceptors (Lipinski definition) is 2. The highest BCUT2D eigenvalue weighted by atomic mass is 16.5. The molecule has 0 aliphatic carbocycles. The highest BCUT2D eigenvalue weighted by Gasteiger charge is 2.13. The van der Waals surface area contributed by atoms with Gasteiger partial charge in [-0.15, -0.1) is 0 Å². The molecule has 2 heteroatoms. The van der Waals surface area contributed by atoms with E-state index in [1.165, 1.54) is 16.7 Å². The van der Waals surface area contributed by atoms with Gasteiger partial charge in [-0.05, 0) is 57.7 Å². The monoisotopic (exact) mass is 249 g/mol. The summed E-state index contributed by atoms with van der Waals surface area (Å²) in [6.07, 6.45) is 1.12. The Morgan fingerprint density at radius 2 is 1.72 bits per heavy atom. The van der Waals surface area contributed by atoms with Gasteiger partial charge in [-0.25, -0.2) is 0 Å². The molecule has 0 aromatic heterocycles. The van der Waals surface area contributed by atoms with Crippen molar-refractivity contribution in [2.75, 3.05) is 13.2 Å². The van der Waals surface area contributed by atoms with E-state index in [4.69, 9.17) is 4.74 Å². The number of rotatable bonds is 6. The minimum atomic E-state index is 0.194. The van der Waals surface area contributed by atoms with Gasteiger partial charge in [-0.3, -0.25) is 0 Å². The summed E-state index contributed by atoms with van der Waals surface area (Å²) in [7, 11) is 0. The van der Waals surface area contributed by atoms with Crippen LogP contribution in [0, 0.1) is 20.8 Å². The predicted molar refractivity (Wildman–Crippen MR) is 78.5 cm³/mol. The molecule has 0 atom stereocenters. The zero-order chi connectivity index (χ0) is 13.8. The van der Waals surface area contributed by atoms with Gasteiger partial charge in [-0.1, -0.05) is 19.1 Å². The summed E-state index contributed by atoms with van der Waals surface area (Å²) in [5.41, 5.74) is 3.95. The smallest absolute Gasteiger partial charge is 0.125 e. The lowest BCUT2D eigenvalue weighted by Crippen LogP contribution is -2.40. The first-order valence-corrected chi connectivity index (χ1v) is 6.82. The second-order valence-electron chi connectivity index (χ2n) is 5.67. The van der Waals surface area contributed by atoms with E-state index in [0.717, 1.165) is 18.7 Å². The summed E-state index contributed by atoms with van der Waals surface area (Å²) in [4.78, 5) is 0. The molecule has 0 aliphatic rings. The van der Waals surface area contributed by atoms with E-state index in [-0.39, 0.29) is 5.54 Å². The minimum absolute atomic E-state index is 0.194. The Morgan fingerprint density at radius 3 is 2.33 bits per heavy atom. The fourth-order valence-corrected chi connectivity index (χ4v) is 1.82. The van der Waals surface area contributed by atoms with Gasteiger partial charge < -0.3 is 10.1 Å². The van der Waals surface area contributed by atoms with Crippen molar-refractivity contribution in [2.24, 2.45) is 0 Å². The molecule has 0 amide bonds. The van der Waals surface area contributed by atoms with Crippen LogP contribution in [0.4, 0.5) is 0 Å². The molecule has 2 nitrogen and oxygen atoms in total. The van der Waals surface area contributed by atoms with E-state index >= 15 is 0 Å². The zero-order valence-electron chi connectivity index (χ0n) is 12.7. The van der Waals surface area contributed by atoms with Gasteiger partial charge in [0.1, 0.15) is 12.4 Å². The van der Waals surface area contributed by atoms with Gasteiger partial charge in [0.25, 0.3) is 0 Å². The maximum Gasteiger partial charge on any atom is 0.125 e. The lowest BCUT2D eigenvalue weighted by molar-refractivity contribution is 0.278. The Balaban J connectivity index is 2.52. The lowest BCUT2D eigenvalue weighted by Gasteiger charge is -2.24. The first-order chi connectivity index (χ1) is 8.37. The molecule has 0 saturated heterocycles. The topological polar surface area (TPSA) is 21.3 Å². The van der Waals surface area contributed by atoms with E-state index in [9.17, 15) is 0 Å². The quantitative estimate of drug-likeness (QED) is 0.775. The third-order valence-electron chi connectivity index (χ3n) is 3.71. The standard InChI is InChI=1S/C16H27NO/c1-7-16(5,6)17-10-11-18-15-13(3)9-8-12(2)14(15)4/h8-9,17H,7,10-11H2,1-6H3. The third kappa shape index (κ3) is 4.02. The van der Waals surface area contributed by atoms with Crippen molar-refractivity contribution < 1.29 is 4.74 Å². The fraction of sp³-hybridized carbons (Fsp3) is 0.625. The van der Waals surface area contributed by atoms with Crippen molar-refractivity contribution >= 4 is 0 Å². The summed E-state index contributed by atoms with van der Waals surface area (Å²) >= 11 is 0. The third-order valence-corrected chi connectivity index (χ3v) is 3.71. The molecule has 0 bridgehead atoms. The van der Waals surface area contributed by atoms with Crippen molar-refractivity contribution in [1.29, 1.82) is 0 Å². The Kier molecular flexibility index (Phi) is 5.21. The van der Waals surface area contributed by atoms with Crippen molar-refractivity contribution in [3.05, 3.63) is 28.8 Å². The van der Waals surface area contributed by atoms with Crippen LogP contribution < -0.4 is 10.1 Å². The van der Waals surface area contributed by atoms with Crippen LogP contribution >= 0.6 is 0 Å². The molecule has 0 saturated carbocycles. The van der Waals surface area contributed by atoms with Gasteiger partial charge in [0.15, 0.2) is 0 Å². The molecule has 0 aliphatic heterocycles. The summed E-state index contributed by atoms with van der Waals surface area (Å²) in [6, 6.07) is 4.27. The van der Waals surface area contributed by atoms with Crippen LogP contribution in [0.2, 0.25) is 0 Å². The molecule has 1 rings (SSSR count). The molecule has 1 N–H and O–H groups in total. The molecule has 0 spiro atoms. The average molecular weight is 249 g/mol. The molecular formula is C16H27NO. The van der Waals surface area contributed by atoms with Crippen LogP contribution in [0.1, 0.15) is 43.9 Å². The predicted octanol–water partition coefficient (Wildman–Crippen LogP) is 3.77. The van der Waals surface area contributed by atoms with Crippen LogP contribution in [0.15, 0.2) is 12.1 Å². The molecule has 0 heterocycles. The normalized spacial score (nSPS) is 11.7. The number of benzene rings is 1. The Labute approximate surface area is 112 Å². The maximum atomic E-state index is 5.93. The van der Waals surface area contributed by atoms with Gasteiger partial charge >= 0.3 is 0 Å². The van der Waals surface area contributed by atoms with Gasteiger partial charge in [0.05, 0.1) is 0 Å². The zero-order valence-corrected chi connectivity index (χ0v) is 12.7. The highest BCUT2D eigenvalue weighted by molar-refractivity contribution is 5.44. The van der Waals surface area contributed by atoms with Gasteiger partial charge in [0, 0.05) is 12.1 Å². The molecule has 1 aromatic carbocycles. The van der Waals surface area contributed by atoms with E-state index in [1.807, 2.05) is 0 Å². The second-order valence-corrected chi connectivity index (χ2v) is 5.67. The average Bonchev–Trinajstić information content (AvgIpc) is 2.33. The lowest BCUT2D eigenvalue weighted by atomic mass is 10.0. The summed E-state index contributed by atoms with van der Waals surface area (Å²) in [5, 5.41) is 3.51. The van der Waals surface area contributed by atoms with Gasteiger partial charge in [0.2, 0.25) is 0 Å².